The van der Waals surface area contributed by atoms with E-state index in [-0.39, 0.29) is 30.9 Å². The lowest BCUT2D eigenvalue weighted by atomic mass is 9.95. The third-order valence-electron chi connectivity index (χ3n) is 6.06. The number of nitrogens with zero attached hydrogens (tertiary/aromatic N) is 2. The molecule has 11 heteroatoms. The van der Waals surface area contributed by atoms with Crippen LogP contribution in [0.4, 0.5) is 16.2 Å². The first-order valence-electron chi connectivity index (χ1n) is 12.1. The van der Waals surface area contributed by atoms with Crippen LogP contribution in [0.25, 0.3) is 0 Å². The van der Waals surface area contributed by atoms with Crippen LogP contribution < -0.4 is 26.6 Å². The van der Waals surface area contributed by atoms with E-state index >= 15 is 0 Å². The van der Waals surface area contributed by atoms with Crippen LogP contribution in [0.2, 0.25) is 0 Å². The minimum absolute atomic E-state index is 0.130. The summed E-state index contributed by atoms with van der Waals surface area (Å²) >= 11 is 0. The van der Waals surface area contributed by atoms with Crippen LogP contribution in [0.5, 0.6) is 0 Å². The Labute approximate surface area is 205 Å². The second-order valence-corrected chi connectivity index (χ2v) is 9.28. The lowest BCUT2D eigenvalue weighted by Crippen LogP contribution is -2.50. The molecule has 0 bridgehead atoms. The fourth-order valence-corrected chi connectivity index (χ4v) is 4.10. The van der Waals surface area contributed by atoms with Crippen molar-refractivity contribution in [1.82, 2.24) is 16.0 Å². The zero-order chi connectivity index (χ0) is 25.4. The number of rotatable bonds is 9. The molecule has 1 atom stereocenters. The Bertz CT molecular complexity index is 942. The predicted octanol–water partition coefficient (Wildman–Crippen LogP) is 1.18. The van der Waals surface area contributed by atoms with Gasteiger partial charge in [-0.05, 0) is 37.3 Å². The number of ether oxygens (including phenoxy) is 1. The van der Waals surface area contributed by atoms with Crippen LogP contribution >= 0.6 is 0 Å². The number of amidine groups is 1. The number of anilines is 2. The Morgan fingerprint density at radius 1 is 1.29 bits per heavy atom. The van der Waals surface area contributed by atoms with Crippen molar-refractivity contribution in [2.75, 3.05) is 50.0 Å². The van der Waals surface area contributed by atoms with Crippen molar-refractivity contribution in [3.63, 3.8) is 0 Å². The maximum atomic E-state index is 12.7. The number of aliphatic carboxylic acids is 1. The molecule has 192 valence electrons. The summed E-state index contributed by atoms with van der Waals surface area (Å²) in [6.45, 7) is 6.67. The van der Waals surface area contributed by atoms with Gasteiger partial charge in [0, 0.05) is 44.2 Å². The first-order valence-corrected chi connectivity index (χ1v) is 12.1. The summed E-state index contributed by atoms with van der Waals surface area (Å²) < 4.78 is 4.96. The Morgan fingerprint density at radius 2 is 2.03 bits per heavy atom. The summed E-state index contributed by atoms with van der Waals surface area (Å²) in [6.07, 6.45) is 1.40. The van der Waals surface area contributed by atoms with E-state index in [9.17, 15) is 19.5 Å². The van der Waals surface area contributed by atoms with Gasteiger partial charge in [0.05, 0.1) is 18.0 Å². The van der Waals surface area contributed by atoms with Gasteiger partial charge in [0.15, 0.2) is 0 Å². The van der Waals surface area contributed by atoms with E-state index in [4.69, 9.17) is 10.5 Å². The van der Waals surface area contributed by atoms with Gasteiger partial charge in [-0.15, -0.1) is 0 Å². The average molecular weight is 489 g/mol. The molecule has 6 N–H and O–H groups in total. The normalized spacial score (nSPS) is 17.2. The number of hydrogen-bond donors (Lipinski definition) is 5. The van der Waals surface area contributed by atoms with E-state index in [1.54, 1.807) is 0 Å². The van der Waals surface area contributed by atoms with Crippen molar-refractivity contribution < 1.29 is 24.2 Å². The molecular weight excluding hydrogens is 452 g/mol. The van der Waals surface area contributed by atoms with E-state index < -0.39 is 18.1 Å². The van der Waals surface area contributed by atoms with Crippen molar-refractivity contribution in [2.24, 2.45) is 16.8 Å². The maximum Gasteiger partial charge on any atom is 0.407 e. The number of carboxylic acids is 1. The first kappa shape index (κ1) is 26.1. The lowest BCUT2D eigenvalue weighted by molar-refractivity contribution is -0.139. The van der Waals surface area contributed by atoms with E-state index in [1.165, 1.54) is 0 Å². The fourth-order valence-electron chi connectivity index (χ4n) is 4.10. The number of aliphatic imine (C=N–C) groups is 1. The summed E-state index contributed by atoms with van der Waals surface area (Å²) in [6, 6.07) is 4.63. The van der Waals surface area contributed by atoms with Crippen LogP contribution in [-0.2, 0) is 14.3 Å². The highest BCUT2D eigenvalue weighted by molar-refractivity contribution is 6.05. The quantitative estimate of drug-likeness (QED) is 0.324. The smallest absolute Gasteiger partial charge is 0.407 e. The molecule has 0 saturated carbocycles. The highest BCUT2D eigenvalue weighted by atomic mass is 16.5. The number of hydrogen-bond acceptors (Lipinski definition) is 8. The Kier molecular flexibility index (Phi) is 9.16. The number of carbonyl (C=O) groups is 3. The van der Waals surface area contributed by atoms with Gasteiger partial charge in [-0.1, -0.05) is 19.9 Å². The van der Waals surface area contributed by atoms with Gasteiger partial charge in [-0.25, -0.2) is 9.59 Å². The minimum Gasteiger partial charge on any atom is -0.480 e. The Morgan fingerprint density at radius 3 is 2.66 bits per heavy atom. The molecule has 0 aromatic heterocycles. The molecule has 1 fully saturated rings. The summed E-state index contributed by atoms with van der Waals surface area (Å²) in [5.41, 5.74) is 8.97. The molecule has 2 aliphatic heterocycles. The van der Waals surface area contributed by atoms with Crippen molar-refractivity contribution in [1.29, 1.82) is 0 Å². The number of nitrogens with one attached hydrogen (secondary N) is 3. The molecular formula is C24H36N6O5. The van der Waals surface area contributed by atoms with Gasteiger partial charge in [-0.3, -0.25) is 9.79 Å². The highest BCUT2D eigenvalue weighted by Gasteiger charge is 2.28. The third kappa shape index (κ3) is 7.24. The van der Waals surface area contributed by atoms with Gasteiger partial charge >= 0.3 is 12.1 Å². The second kappa shape index (κ2) is 12.3. The summed E-state index contributed by atoms with van der Waals surface area (Å²) in [5, 5.41) is 17.6. The number of benzene rings is 1. The SMILES string of the molecule is CC(C)COC(=O)N[C@@H](CNC(=O)C1CCN(c2cccc(C3=NCCCN3)c2N)CC1)C(=O)O. The zero-order valence-corrected chi connectivity index (χ0v) is 20.4. The lowest BCUT2D eigenvalue weighted by Gasteiger charge is -2.34. The third-order valence-corrected chi connectivity index (χ3v) is 6.06. The summed E-state index contributed by atoms with van der Waals surface area (Å²) in [7, 11) is 0. The molecule has 3 rings (SSSR count). The van der Waals surface area contributed by atoms with E-state index in [0.717, 1.165) is 36.6 Å². The molecule has 0 unspecified atom stereocenters. The van der Waals surface area contributed by atoms with Gasteiger partial charge in [-0.2, -0.15) is 0 Å². The molecule has 0 radical (unpaired) electrons. The van der Waals surface area contributed by atoms with Crippen LogP contribution in [0.15, 0.2) is 23.2 Å². The first-order chi connectivity index (χ1) is 16.8. The molecule has 2 aliphatic rings. The summed E-state index contributed by atoms with van der Waals surface area (Å²) in [4.78, 5) is 42.7. The van der Waals surface area contributed by atoms with E-state index in [0.29, 0.717) is 31.6 Å². The molecule has 0 spiro atoms. The molecule has 1 saturated heterocycles. The topological polar surface area (TPSA) is 158 Å². The Balaban J connectivity index is 1.51. The number of piperidine rings is 1. The van der Waals surface area contributed by atoms with Crippen LogP contribution in [-0.4, -0.2) is 74.3 Å². The highest BCUT2D eigenvalue weighted by Crippen LogP contribution is 2.31. The molecule has 0 aliphatic carbocycles. The molecule has 35 heavy (non-hydrogen) atoms. The van der Waals surface area contributed by atoms with Crippen LogP contribution in [0.3, 0.4) is 0 Å². The maximum absolute atomic E-state index is 12.7. The number of carboxylic acid groups (broad SMARTS) is 1. The van der Waals surface area contributed by atoms with Gasteiger partial charge < -0.3 is 36.4 Å². The Hall–Kier alpha value is -3.50. The predicted molar refractivity (Wildman–Crippen MR) is 134 cm³/mol. The van der Waals surface area contributed by atoms with Crippen molar-refractivity contribution in [2.45, 2.75) is 39.2 Å². The average Bonchev–Trinajstić information content (AvgIpc) is 2.85. The second-order valence-electron chi connectivity index (χ2n) is 9.28. The molecule has 1 aromatic rings. The summed E-state index contributed by atoms with van der Waals surface area (Å²) in [5.74, 6) is -0.767. The number of carbonyl (C=O) groups excluding carboxylic acids is 2. The largest absolute Gasteiger partial charge is 0.480 e. The molecule has 2 amide bonds. The molecule has 1 aromatic carbocycles. The molecule has 2 heterocycles. The van der Waals surface area contributed by atoms with Gasteiger partial charge in [0.2, 0.25) is 5.91 Å². The van der Waals surface area contributed by atoms with Gasteiger partial charge in [0.25, 0.3) is 0 Å². The van der Waals surface area contributed by atoms with E-state index in [2.05, 4.69) is 25.8 Å². The van der Waals surface area contributed by atoms with Crippen molar-refractivity contribution in [3.05, 3.63) is 23.8 Å². The van der Waals surface area contributed by atoms with E-state index in [1.807, 2.05) is 32.0 Å². The minimum atomic E-state index is -1.27. The zero-order valence-electron chi connectivity index (χ0n) is 20.4. The number of nitrogen functional groups attached to an aromatic ring is 1. The standard InChI is InChI=1S/C24H36N6O5/c1-15(2)14-35-24(34)29-18(23(32)33)13-28-22(31)16-7-11-30(12-8-16)19-6-3-5-17(20(19)25)21-26-9-4-10-27-21/h3,5-6,15-16,18H,4,7-14,25H2,1-2H3,(H,26,27)(H,28,31)(H,29,34)(H,32,33)/t18-/m0/s1. The fraction of sp³-hybridized carbons (Fsp3) is 0.583. The number of alkyl carbamates (subject to hydrolysis) is 1. The molecule has 11 nitrogen and oxygen atoms in total. The monoisotopic (exact) mass is 488 g/mol. The van der Waals surface area contributed by atoms with Gasteiger partial charge in [0.1, 0.15) is 11.9 Å². The number of nitrogens with two attached hydrogens (primary N) is 1. The van der Waals surface area contributed by atoms with Crippen LogP contribution in [0.1, 0.15) is 38.7 Å². The van der Waals surface area contributed by atoms with Crippen molar-refractivity contribution >= 4 is 35.2 Å². The van der Waals surface area contributed by atoms with Crippen LogP contribution in [0, 0.1) is 11.8 Å². The number of para-hydroxylation sites is 1. The van der Waals surface area contributed by atoms with Crippen molar-refractivity contribution in [3.8, 4) is 0 Å². The number of amides is 2.